The van der Waals surface area contributed by atoms with Gasteiger partial charge in [0.2, 0.25) is 5.91 Å². The molecule has 1 fully saturated rings. The van der Waals surface area contributed by atoms with Crippen LogP contribution in [-0.4, -0.2) is 37.0 Å². The summed E-state index contributed by atoms with van der Waals surface area (Å²) in [5, 5.41) is 3.37. The van der Waals surface area contributed by atoms with Gasteiger partial charge in [0.25, 0.3) is 0 Å². The Kier molecular flexibility index (Phi) is 7.14. The van der Waals surface area contributed by atoms with E-state index in [-0.39, 0.29) is 23.7 Å². The van der Waals surface area contributed by atoms with E-state index in [4.69, 9.17) is 0 Å². The average Bonchev–Trinajstić information content (AvgIpc) is 2.46. The SMILES string of the molecule is CC1=C(C=CC(=O)N(C)C2CCCNC2)C(C)(C)CCC1.Cl. The third-order valence-electron chi connectivity index (χ3n) is 5.10. The van der Waals surface area contributed by atoms with Gasteiger partial charge in [-0.3, -0.25) is 4.79 Å². The molecule has 126 valence electrons. The highest BCUT2D eigenvalue weighted by Crippen LogP contribution is 2.40. The molecule has 0 saturated carbocycles. The summed E-state index contributed by atoms with van der Waals surface area (Å²) in [6, 6.07) is 0.338. The Morgan fingerprint density at radius 1 is 1.36 bits per heavy atom. The molecule has 1 saturated heterocycles. The van der Waals surface area contributed by atoms with Gasteiger partial charge in [0, 0.05) is 25.7 Å². The maximum atomic E-state index is 12.4. The number of piperidine rings is 1. The lowest BCUT2D eigenvalue weighted by Crippen LogP contribution is -2.46. The van der Waals surface area contributed by atoms with Crippen molar-refractivity contribution in [3.8, 4) is 0 Å². The molecule has 22 heavy (non-hydrogen) atoms. The first-order valence-corrected chi connectivity index (χ1v) is 8.27. The predicted molar refractivity (Wildman–Crippen MR) is 95.4 cm³/mol. The van der Waals surface area contributed by atoms with Crippen LogP contribution in [0.4, 0.5) is 0 Å². The molecule has 1 N–H and O–H groups in total. The topological polar surface area (TPSA) is 32.3 Å². The van der Waals surface area contributed by atoms with Crippen LogP contribution in [0.15, 0.2) is 23.3 Å². The van der Waals surface area contributed by atoms with Crippen LogP contribution in [0.3, 0.4) is 0 Å². The van der Waals surface area contributed by atoms with Crippen molar-refractivity contribution >= 4 is 18.3 Å². The van der Waals surface area contributed by atoms with Crippen molar-refractivity contribution < 1.29 is 4.79 Å². The lowest BCUT2D eigenvalue weighted by Gasteiger charge is -2.33. The molecule has 0 aromatic rings. The first-order chi connectivity index (χ1) is 9.92. The van der Waals surface area contributed by atoms with Gasteiger partial charge in [-0.25, -0.2) is 0 Å². The van der Waals surface area contributed by atoms with Gasteiger partial charge in [0.1, 0.15) is 0 Å². The summed E-state index contributed by atoms with van der Waals surface area (Å²) >= 11 is 0. The van der Waals surface area contributed by atoms with E-state index in [1.807, 2.05) is 11.9 Å². The van der Waals surface area contributed by atoms with Crippen molar-refractivity contribution in [3.63, 3.8) is 0 Å². The van der Waals surface area contributed by atoms with E-state index in [0.717, 1.165) is 25.9 Å². The third-order valence-corrected chi connectivity index (χ3v) is 5.10. The molecule has 1 atom stereocenters. The second-order valence-electron chi connectivity index (χ2n) is 7.21. The molecule has 4 heteroatoms. The number of amides is 1. The number of rotatable bonds is 3. The molecule has 2 rings (SSSR count). The van der Waals surface area contributed by atoms with Crippen LogP contribution in [0, 0.1) is 5.41 Å². The first kappa shape index (κ1) is 19.2. The van der Waals surface area contributed by atoms with Crippen LogP contribution in [-0.2, 0) is 4.79 Å². The van der Waals surface area contributed by atoms with Gasteiger partial charge in [0.05, 0.1) is 0 Å². The van der Waals surface area contributed by atoms with E-state index in [1.54, 1.807) is 6.08 Å². The van der Waals surface area contributed by atoms with Crippen LogP contribution in [0.5, 0.6) is 0 Å². The summed E-state index contributed by atoms with van der Waals surface area (Å²) in [6.07, 6.45) is 9.75. The van der Waals surface area contributed by atoms with E-state index >= 15 is 0 Å². The average molecular weight is 327 g/mol. The van der Waals surface area contributed by atoms with Crippen molar-refractivity contribution in [2.45, 2.75) is 58.9 Å². The van der Waals surface area contributed by atoms with Crippen LogP contribution >= 0.6 is 12.4 Å². The minimum atomic E-state index is 0. The Labute approximate surface area is 141 Å². The van der Waals surface area contributed by atoms with E-state index in [0.29, 0.717) is 6.04 Å². The number of hydrogen-bond acceptors (Lipinski definition) is 2. The van der Waals surface area contributed by atoms with E-state index < -0.39 is 0 Å². The number of nitrogens with zero attached hydrogens (tertiary/aromatic N) is 1. The Hall–Kier alpha value is -0.800. The molecule has 1 heterocycles. The maximum absolute atomic E-state index is 12.4. The predicted octanol–water partition coefficient (Wildman–Crippen LogP) is 3.70. The minimum Gasteiger partial charge on any atom is -0.338 e. The monoisotopic (exact) mass is 326 g/mol. The zero-order valence-corrected chi connectivity index (χ0v) is 15.3. The third kappa shape index (κ3) is 4.60. The summed E-state index contributed by atoms with van der Waals surface area (Å²) in [6.45, 7) is 8.78. The number of nitrogens with one attached hydrogen (secondary N) is 1. The highest BCUT2D eigenvalue weighted by atomic mass is 35.5. The minimum absolute atomic E-state index is 0. The number of carbonyl (C=O) groups excluding carboxylic acids is 1. The van der Waals surface area contributed by atoms with Gasteiger partial charge >= 0.3 is 0 Å². The lowest BCUT2D eigenvalue weighted by atomic mass is 9.72. The molecular weight excluding hydrogens is 296 g/mol. The molecular formula is C18H31ClN2O. The number of hydrogen-bond donors (Lipinski definition) is 1. The highest BCUT2D eigenvalue weighted by molar-refractivity contribution is 5.88. The summed E-state index contributed by atoms with van der Waals surface area (Å²) in [5.41, 5.74) is 3.00. The lowest BCUT2D eigenvalue weighted by molar-refractivity contribution is -0.127. The van der Waals surface area contributed by atoms with Gasteiger partial charge in [0.15, 0.2) is 0 Å². The molecule has 0 aromatic heterocycles. The molecule has 0 aromatic carbocycles. The molecule has 0 radical (unpaired) electrons. The van der Waals surface area contributed by atoms with Gasteiger partial charge in [-0.2, -0.15) is 0 Å². The Morgan fingerprint density at radius 2 is 2.09 bits per heavy atom. The van der Waals surface area contributed by atoms with Gasteiger partial charge in [-0.15, -0.1) is 12.4 Å². The Bertz CT molecular complexity index is 448. The number of halogens is 1. The molecule has 1 aliphatic carbocycles. The van der Waals surface area contributed by atoms with Crippen molar-refractivity contribution in [1.29, 1.82) is 0 Å². The van der Waals surface area contributed by atoms with Crippen molar-refractivity contribution in [1.82, 2.24) is 10.2 Å². The highest BCUT2D eigenvalue weighted by Gasteiger charge is 2.27. The van der Waals surface area contributed by atoms with Crippen LogP contribution in [0.1, 0.15) is 52.9 Å². The standard InChI is InChI=1S/C18H30N2O.ClH/c1-14-7-5-11-18(2,3)16(14)9-10-17(21)20(4)15-8-6-12-19-13-15;/h9-10,15,19H,5-8,11-13H2,1-4H3;1H. The van der Waals surface area contributed by atoms with E-state index in [2.05, 4.69) is 32.2 Å². The van der Waals surface area contributed by atoms with E-state index in [9.17, 15) is 4.79 Å². The molecule has 1 aliphatic heterocycles. The first-order valence-electron chi connectivity index (χ1n) is 8.27. The molecule has 0 spiro atoms. The molecule has 3 nitrogen and oxygen atoms in total. The van der Waals surface area contributed by atoms with Crippen LogP contribution in [0.25, 0.3) is 0 Å². The smallest absolute Gasteiger partial charge is 0.246 e. The summed E-state index contributed by atoms with van der Waals surface area (Å²) in [5.74, 6) is 0.130. The molecule has 2 aliphatic rings. The second kappa shape index (κ2) is 8.16. The second-order valence-corrected chi connectivity index (χ2v) is 7.21. The van der Waals surface area contributed by atoms with Crippen LogP contribution in [0.2, 0.25) is 0 Å². The normalized spacial score (nSPS) is 25.0. The molecule has 1 unspecified atom stereocenters. The Balaban J connectivity index is 0.00000242. The summed E-state index contributed by atoms with van der Waals surface area (Å²) in [4.78, 5) is 14.3. The van der Waals surface area contributed by atoms with Crippen molar-refractivity contribution in [2.75, 3.05) is 20.1 Å². The van der Waals surface area contributed by atoms with E-state index in [1.165, 1.54) is 30.4 Å². The fraction of sp³-hybridized carbons (Fsp3) is 0.722. The van der Waals surface area contributed by atoms with Crippen molar-refractivity contribution in [2.24, 2.45) is 5.41 Å². The largest absolute Gasteiger partial charge is 0.338 e. The number of likely N-dealkylation sites (N-methyl/N-ethyl adjacent to an activating group) is 1. The number of carbonyl (C=O) groups is 1. The fourth-order valence-electron chi connectivity index (χ4n) is 3.63. The summed E-state index contributed by atoms with van der Waals surface area (Å²) < 4.78 is 0. The Morgan fingerprint density at radius 3 is 2.68 bits per heavy atom. The fourth-order valence-corrected chi connectivity index (χ4v) is 3.63. The van der Waals surface area contributed by atoms with Gasteiger partial charge in [-0.1, -0.05) is 25.5 Å². The maximum Gasteiger partial charge on any atom is 0.246 e. The number of allylic oxidation sites excluding steroid dienone is 3. The molecule has 0 bridgehead atoms. The van der Waals surface area contributed by atoms with Crippen molar-refractivity contribution in [3.05, 3.63) is 23.3 Å². The molecule has 1 amide bonds. The van der Waals surface area contributed by atoms with Crippen LogP contribution < -0.4 is 5.32 Å². The zero-order chi connectivity index (χ0) is 15.5. The summed E-state index contributed by atoms with van der Waals surface area (Å²) in [7, 11) is 1.93. The van der Waals surface area contributed by atoms with Gasteiger partial charge < -0.3 is 10.2 Å². The zero-order valence-electron chi connectivity index (χ0n) is 14.4. The van der Waals surface area contributed by atoms with Gasteiger partial charge in [-0.05, 0) is 56.6 Å². The quantitative estimate of drug-likeness (QED) is 0.802.